The van der Waals surface area contributed by atoms with E-state index in [1.807, 2.05) is 12.1 Å². The van der Waals surface area contributed by atoms with Gasteiger partial charge in [0.05, 0.1) is 12.1 Å². The highest BCUT2D eigenvalue weighted by Crippen LogP contribution is 2.38. The molecule has 2 aromatic rings. The molecule has 2 aliphatic rings. The van der Waals surface area contributed by atoms with Crippen molar-refractivity contribution < 1.29 is 19.1 Å². The Morgan fingerprint density at radius 3 is 1.90 bits per heavy atom. The van der Waals surface area contributed by atoms with Gasteiger partial charge in [-0.05, 0) is 44.2 Å². The number of halogens is 1. The second-order valence-electron chi connectivity index (χ2n) is 7.80. The summed E-state index contributed by atoms with van der Waals surface area (Å²) in [5, 5.41) is 6.29. The van der Waals surface area contributed by atoms with Crippen LogP contribution in [0.25, 0.3) is 0 Å². The van der Waals surface area contributed by atoms with Crippen LogP contribution in [0.1, 0.15) is 34.6 Å². The number of nitrogens with one attached hydrogen (secondary N) is 2. The largest absolute Gasteiger partial charge is 0.343 e. The summed E-state index contributed by atoms with van der Waals surface area (Å²) in [4.78, 5) is 25.4. The lowest BCUT2D eigenvalue weighted by molar-refractivity contribution is -0.147. The first-order valence-electron chi connectivity index (χ1n) is 9.79. The second kappa shape index (κ2) is 8.22. The molecule has 0 saturated carbocycles. The van der Waals surface area contributed by atoms with Crippen molar-refractivity contribution in [2.24, 2.45) is 0 Å². The zero-order chi connectivity index (χ0) is 21.3. The Morgan fingerprint density at radius 1 is 0.833 bits per heavy atom. The predicted molar refractivity (Wildman–Crippen MR) is 113 cm³/mol. The lowest BCUT2D eigenvalue weighted by Crippen LogP contribution is -2.57. The summed E-state index contributed by atoms with van der Waals surface area (Å²) < 4.78 is 12.2. The van der Waals surface area contributed by atoms with Gasteiger partial charge in [-0.15, -0.1) is 0 Å². The highest BCUT2D eigenvalue weighted by atomic mass is 35.5. The number of fused-ring (bicyclic) bond motifs is 1. The molecule has 4 rings (SSSR count). The van der Waals surface area contributed by atoms with Gasteiger partial charge in [-0.3, -0.25) is 9.59 Å². The average molecular weight is 427 g/mol. The summed E-state index contributed by atoms with van der Waals surface area (Å²) in [6, 6.07) is 16.7. The lowest BCUT2D eigenvalue weighted by Gasteiger charge is -2.35. The van der Waals surface area contributed by atoms with Gasteiger partial charge >= 0.3 is 0 Å². The minimum atomic E-state index is -0.879. The van der Waals surface area contributed by atoms with Crippen molar-refractivity contribution in [3.63, 3.8) is 0 Å². The summed E-state index contributed by atoms with van der Waals surface area (Å²) in [6.07, 6.45) is 0.659. The lowest BCUT2D eigenvalue weighted by atomic mass is 9.91. The summed E-state index contributed by atoms with van der Waals surface area (Å²) in [7, 11) is 0. The quantitative estimate of drug-likeness (QED) is 0.786. The molecular weight excluding hydrogens is 404 g/mol. The zero-order valence-corrected chi connectivity index (χ0v) is 17.4. The monoisotopic (exact) mass is 426 g/mol. The van der Waals surface area contributed by atoms with Crippen LogP contribution < -0.4 is 10.6 Å². The van der Waals surface area contributed by atoms with Crippen LogP contribution in [0.3, 0.4) is 0 Å². The van der Waals surface area contributed by atoms with Crippen LogP contribution in [0.2, 0.25) is 0 Å². The minimum absolute atomic E-state index is 0.236. The first kappa shape index (κ1) is 20.6. The van der Waals surface area contributed by atoms with E-state index in [9.17, 15) is 9.59 Å². The van der Waals surface area contributed by atoms with E-state index in [1.54, 1.807) is 68.5 Å². The number of amides is 2. The van der Waals surface area contributed by atoms with Gasteiger partial charge in [-0.1, -0.05) is 48.0 Å². The number of carbonyl (C=O) groups is 2. The Kier molecular flexibility index (Phi) is 5.64. The summed E-state index contributed by atoms with van der Waals surface area (Å²) in [6.45, 7) is 3.59. The van der Waals surface area contributed by atoms with Gasteiger partial charge in [-0.25, -0.2) is 0 Å². The Labute approximate surface area is 180 Å². The van der Waals surface area contributed by atoms with Crippen LogP contribution in [0, 0.1) is 0 Å². The average Bonchev–Trinajstić information content (AvgIpc) is 3.07. The van der Waals surface area contributed by atoms with Crippen LogP contribution in [0.5, 0.6) is 0 Å². The van der Waals surface area contributed by atoms with Crippen LogP contribution in [-0.4, -0.2) is 41.9 Å². The maximum Gasteiger partial charge on any atom is 0.251 e. The maximum absolute atomic E-state index is 12.7. The van der Waals surface area contributed by atoms with Gasteiger partial charge in [-0.2, -0.15) is 0 Å². The van der Waals surface area contributed by atoms with E-state index in [1.165, 1.54) is 0 Å². The van der Waals surface area contributed by atoms with Crippen molar-refractivity contribution in [3.8, 4) is 0 Å². The van der Waals surface area contributed by atoms with Gasteiger partial charge in [0.1, 0.15) is 12.2 Å². The minimum Gasteiger partial charge on any atom is -0.343 e. The van der Waals surface area contributed by atoms with E-state index in [0.717, 1.165) is 0 Å². The fourth-order valence-corrected chi connectivity index (χ4v) is 4.11. The third-order valence-electron chi connectivity index (χ3n) is 5.14. The van der Waals surface area contributed by atoms with E-state index in [2.05, 4.69) is 10.6 Å². The molecule has 1 fully saturated rings. The molecule has 2 N–H and O–H groups in total. The van der Waals surface area contributed by atoms with Gasteiger partial charge in [0.15, 0.2) is 5.79 Å². The number of rotatable bonds is 4. The Bertz CT molecular complexity index is 962. The highest BCUT2D eigenvalue weighted by Gasteiger charge is 2.52. The standard InChI is InChI=1S/C23H23ClN2O4/c1-23(2)29-19-17(25-21(27)14-9-5-3-6-10-14)13-16(24)18(20(19)30-23)26-22(28)15-11-7-4-8-12-15/h3-13,17-20H,1-2H3,(H,25,27)(H,26,28)/t17-,18+,19+,20-/m1/s1. The summed E-state index contributed by atoms with van der Waals surface area (Å²) in [5.74, 6) is -1.37. The number of ether oxygens (including phenoxy) is 2. The number of hydrogen-bond acceptors (Lipinski definition) is 4. The van der Waals surface area contributed by atoms with Crippen molar-refractivity contribution in [2.45, 2.75) is 43.9 Å². The van der Waals surface area contributed by atoms with E-state index in [4.69, 9.17) is 21.1 Å². The molecule has 0 aromatic heterocycles. The smallest absolute Gasteiger partial charge is 0.251 e. The Hall–Kier alpha value is -2.67. The molecule has 1 heterocycles. The second-order valence-corrected chi connectivity index (χ2v) is 8.24. The Morgan fingerprint density at radius 2 is 1.33 bits per heavy atom. The third kappa shape index (κ3) is 4.26. The molecule has 1 saturated heterocycles. The fraction of sp³-hybridized carbons (Fsp3) is 0.304. The fourth-order valence-electron chi connectivity index (χ4n) is 3.79. The van der Waals surface area contributed by atoms with Gasteiger partial charge in [0, 0.05) is 16.2 Å². The molecule has 2 amide bonds. The Balaban J connectivity index is 1.57. The SMILES string of the molecule is CC1(C)O[C@@H]2[C@H](O1)[C@@H](NC(=O)c1ccccc1)C(Cl)=C[C@H]2NC(=O)c1ccccc1. The van der Waals surface area contributed by atoms with Gasteiger partial charge in [0.25, 0.3) is 11.8 Å². The van der Waals surface area contributed by atoms with E-state index < -0.39 is 30.1 Å². The molecule has 0 radical (unpaired) electrons. The molecule has 1 aliphatic carbocycles. The third-order valence-corrected chi connectivity index (χ3v) is 5.50. The molecule has 0 bridgehead atoms. The normalized spacial score (nSPS) is 27.0. The first-order valence-corrected chi connectivity index (χ1v) is 10.2. The highest BCUT2D eigenvalue weighted by molar-refractivity contribution is 6.30. The van der Waals surface area contributed by atoms with Crippen molar-refractivity contribution in [1.82, 2.24) is 10.6 Å². The molecule has 0 spiro atoms. The topological polar surface area (TPSA) is 76.7 Å². The van der Waals surface area contributed by atoms with Crippen LogP contribution in [0.4, 0.5) is 0 Å². The molecule has 1 aliphatic heterocycles. The van der Waals surface area contributed by atoms with Crippen molar-refractivity contribution in [2.75, 3.05) is 0 Å². The number of hydrogen-bond donors (Lipinski definition) is 2. The molecule has 156 valence electrons. The zero-order valence-electron chi connectivity index (χ0n) is 16.7. The first-order chi connectivity index (χ1) is 14.3. The van der Waals surface area contributed by atoms with Gasteiger partial charge in [0.2, 0.25) is 0 Å². The molecule has 4 atom stereocenters. The van der Waals surface area contributed by atoms with Crippen LogP contribution in [0.15, 0.2) is 71.8 Å². The molecule has 6 nitrogen and oxygen atoms in total. The molecule has 2 aromatic carbocycles. The van der Waals surface area contributed by atoms with Crippen molar-refractivity contribution in [1.29, 1.82) is 0 Å². The molecule has 7 heteroatoms. The van der Waals surface area contributed by atoms with E-state index >= 15 is 0 Å². The molecular formula is C23H23ClN2O4. The van der Waals surface area contributed by atoms with Crippen LogP contribution in [-0.2, 0) is 9.47 Å². The van der Waals surface area contributed by atoms with E-state index in [-0.39, 0.29) is 11.8 Å². The number of carbonyl (C=O) groups excluding carboxylic acids is 2. The molecule has 0 unspecified atom stereocenters. The van der Waals surface area contributed by atoms with Crippen molar-refractivity contribution in [3.05, 3.63) is 82.9 Å². The number of benzene rings is 2. The predicted octanol–water partition coefficient (Wildman–Crippen LogP) is 3.24. The summed E-state index contributed by atoms with van der Waals surface area (Å²) >= 11 is 6.56. The maximum atomic E-state index is 12.7. The summed E-state index contributed by atoms with van der Waals surface area (Å²) in [5.41, 5.74) is 1.06. The molecule has 30 heavy (non-hydrogen) atoms. The van der Waals surface area contributed by atoms with Crippen molar-refractivity contribution >= 4 is 23.4 Å². The van der Waals surface area contributed by atoms with Crippen LogP contribution >= 0.6 is 11.6 Å². The van der Waals surface area contributed by atoms with E-state index in [0.29, 0.717) is 16.2 Å². The van der Waals surface area contributed by atoms with Gasteiger partial charge < -0.3 is 20.1 Å².